The van der Waals surface area contributed by atoms with E-state index in [1.165, 1.54) is 6.07 Å². The maximum Gasteiger partial charge on any atom is 0.434 e. The average Bonchev–Trinajstić information content (AvgIpc) is 3.45. The molecule has 6 nitrogen and oxygen atoms in total. The van der Waals surface area contributed by atoms with Crippen LogP contribution in [0.15, 0.2) is 60.9 Å². The topological polar surface area (TPSA) is 64.7 Å². The van der Waals surface area contributed by atoms with Crippen molar-refractivity contribution in [3.63, 3.8) is 0 Å². The Balaban J connectivity index is 1.40. The van der Waals surface area contributed by atoms with E-state index in [0.29, 0.717) is 11.3 Å². The SMILES string of the molecule is Cc1ccccc1-n1ncc(C(=O)Nc2ccc(-c3cn4c(n3)CCCC4)cc2)c1C(F)(F)F. The minimum absolute atomic E-state index is 0.265. The number of halogens is 3. The van der Waals surface area contributed by atoms with E-state index in [1.54, 1.807) is 49.4 Å². The third-order valence-corrected chi connectivity index (χ3v) is 5.97. The number of hydrogen-bond acceptors (Lipinski definition) is 3. The van der Waals surface area contributed by atoms with Crippen molar-refractivity contribution in [2.75, 3.05) is 5.32 Å². The molecule has 1 N–H and O–H groups in total. The number of amides is 1. The first kappa shape index (κ1) is 21.9. The van der Waals surface area contributed by atoms with Crippen molar-refractivity contribution >= 4 is 11.6 Å². The van der Waals surface area contributed by atoms with Gasteiger partial charge in [-0.3, -0.25) is 4.79 Å². The zero-order valence-corrected chi connectivity index (χ0v) is 18.4. The molecule has 0 saturated carbocycles. The Labute approximate surface area is 194 Å². The number of fused-ring (bicyclic) bond motifs is 1. The lowest BCUT2D eigenvalue weighted by Crippen LogP contribution is -2.21. The van der Waals surface area contributed by atoms with Gasteiger partial charge in [0.25, 0.3) is 5.91 Å². The smallest absolute Gasteiger partial charge is 0.334 e. The number of aryl methyl sites for hydroxylation is 3. The van der Waals surface area contributed by atoms with Crippen molar-refractivity contribution in [1.29, 1.82) is 0 Å². The van der Waals surface area contributed by atoms with Crippen LogP contribution in [-0.2, 0) is 19.1 Å². The Bertz CT molecular complexity index is 1330. The lowest BCUT2D eigenvalue weighted by atomic mass is 10.1. The van der Waals surface area contributed by atoms with Crippen molar-refractivity contribution in [3.8, 4) is 16.9 Å². The van der Waals surface area contributed by atoms with E-state index in [9.17, 15) is 18.0 Å². The third-order valence-electron chi connectivity index (χ3n) is 5.97. The van der Waals surface area contributed by atoms with Crippen LogP contribution in [0.2, 0.25) is 0 Å². The molecule has 1 aliphatic heterocycles. The molecule has 1 amide bonds. The number of anilines is 1. The lowest BCUT2D eigenvalue weighted by Gasteiger charge is -2.14. The summed E-state index contributed by atoms with van der Waals surface area (Å²) in [5.41, 5.74) is 1.33. The molecule has 0 spiro atoms. The molecule has 2 aromatic carbocycles. The molecular formula is C25H22F3N5O. The van der Waals surface area contributed by atoms with E-state index >= 15 is 0 Å². The van der Waals surface area contributed by atoms with Gasteiger partial charge in [-0.1, -0.05) is 30.3 Å². The molecule has 0 aliphatic carbocycles. The van der Waals surface area contributed by atoms with E-state index < -0.39 is 23.3 Å². The second kappa shape index (κ2) is 8.48. The summed E-state index contributed by atoms with van der Waals surface area (Å²) in [5.74, 6) is 0.182. The lowest BCUT2D eigenvalue weighted by molar-refractivity contribution is -0.143. The van der Waals surface area contributed by atoms with Crippen LogP contribution in [0.1, 0.15) is 40.3 Å². The Kier molecular flexibility index (Phi) is 5.47. The molecule has 0 unspecified atom stereocenters. The van der Waals surface area contributed by atoms with Crippen molar-refractivity contribution in [2.45, 2.75) is 38.9 Å². The van der Waals surface area contributed by atoms with Gasteiger partial charge in [-0.25, -0.2) is 9.67 Å². The minimum atomic E-state index is -4.77. The van der Waals surface area contributed by atoms with Gasteiger partial charge in [0, 0.05) is 30.4 Å². The Morgan fingerprint density at radius 1 is 1.06 bits per heavy atom. The number of hydrogen-bond donors (Lipinski definition) is 1. The number of benzene rings is 2. The number of nitrogens with zero attached hydrogens (tertiary/aromatic N) is 4. The normalized spacial score (nSPS) is 13.5. The summed E-state index contributed by atoms with van der Waals surface area (Å²) in [6.45, 7) is 2.64. The molecule has 0 bridgehead atoms. The summed E-state index contributed by atoms with van der Waals surface area (Å²) in [7, 11) is 0. The van der Waals surface area contributed by atoms with Crippen molar-refractivity contribution in [3.05, 3.63) is 83.6 Å². The summed E-state index contributed by atoms with van der Waals surface area (Å²) < 4.78 is 44.8. The van der Waals surface area contributed by atoms with E-state index in [0.717, 1.165) is 53.8 Å². The fraction of sp³-hybridized carbons (Fsp3) is 0.240. The molecular weight excluding hydrogens is 443 g/mol. The standard InChI is InChI=1S/C25H22F3N5O/c1-16-6-2-3-7-21(16)33-23(25(26,27)28)19(14-29-33)24(34)30-18-11-9-17(10-12-18)20-15-32-13-5-4-8-22(32)31-20/h2-3,6-7,9-12,14-15H,4-5,8,13H2,1H3,(H,30,34). The monoisotopic (exact) mass is 465 g/mol. The largest absolute Gasteiger partial charge is 0.434 e. The van der Waals surface area contributed by atoms with Crippen LogP contribution in [0.5, 0.6) is 0 Å². The predicted octanol–water partition coefficient (Wildman–Crippen LogP) is 5.65. The molecule has 9 heteroatoms. The fourth-order valence-electron chi connectivity index (χ4n) is 4.25. The molecule has 0 saturated heterocycles. The van der Waals surface area contributed by atoms with Crippen LogP contribution in [0.4, 0.5) is 18.9 Å². The predicted molar refractivity (Wildman–Crippen MR) is 122 cm³/mol. The number of para-hydroxylation sites is 1. The van der Waals surface area contributed by atoms with Gasteiger partial charge in [0.05, 0.1) is 23.1 Å². The van der Waals surface area contributed by atoms with Gasteiger partial charge in [0.15, 0.2) is 5.69 Å². The zero-order chi connectivity index (χ0) is 23.9. The molecule has 4 aromatic rings. The molecule has 0 radical (unpaired) electrons. The van der Waals surface area contributed by atoms with Crippen molar-refractivity contribution in [2.24, 2.45) is 0 Å². The van der Waals surface area contributed by atoms with Crippen molar-refractivity contribution < 1.29 is 18.0 Å². The Morgan fingerprint density at radius 3 is 2.53 bits per heavy atom. The highest BCUT2D eigenvalue weighted by atomic mass is 19.4. The number of alkyl halides is 3. The van der Waals surface area contributed by atoms with Crippen LogP contribution in [0, 0.1) is 6.92 Å². The molecule has 2 aromatic heterocycles. The first-order chi connectivity index (χ1) is 16.3. The number of nitrogens with one attached hydrogen (secondary N) is 1. The van der Waals surface area contributed by atoms with E-state index in [1.807, 2.05) is 6.20 Å². The molecule has 0 fully saturated rings. The van der Waals surface area contributed by atoms with Gasteiger partial charge in [-0.2, -0.15) is 18.3 Å². The second-order valence-electron chi connectivity index (χ2n) is 8.33. The van der Waals surface area contributed by atoms with E-state index in [2.05, 4.69) is 20.0 Å². The Morgan fingerprint density at radius 2 is 1.82 bits per heavy atom. The fourth-order valence-corrected chi connectivity index (χ4v) is 4.25. The highest BCUT2D eigenvalue weighted by molar-refractivity contribution is 6.05. The summed E-state index contributed by atoms with van der Waals surface area (Å²) in [6, 6.07) is 13.5. The van der Waals surface area contributed by atoms with E-state index in [4.69, 9.17) is 0 Å². The van der Waals surface area contributed by atoms with Crippen LogP contribution in [0.25, 0.3) is 16.9 Å². The van der Waals surface area contributed by atoms with Gasteiger partial charge in [0.2, 0.25) is 0 Å². The van der Waals surface area contributed by atoms with Crippen LogP contribution >= 0.6 is 0 Å². The highest BCUT2D eigenvalue weighted by Gasteiger charge is 2.40. The summed E-state index contributed by atoms with van der Waals surface area (Å²) in [6.07, 6.45) is 1.41. The maximum absolute atomic E-state index is 13.9. The number of aromatic nitrogens is 4. The first-order valence-corrected chi connectivity index (χ1v) is 11.0. The molecule has 5 rings (SSSR count). The summed E-state index contributed by atoms with van der Waals surface area (Å²) in [5, 5.41) is 6.45. The first-order valence-electron chi connectivity index (χ1n) is 11.0. The third kappa shape index (κ3) is 4.09. The second-order valence-corrected chi connectivity index (χ2v) is 8.33. The highest BCUT2D eigenvalue weighted by Crippen LogP contribution is 2.34. The summed E-state index contributed by atoms with van der Waals surface area (Å²) >= 11 is 0. The molecule has 34 heavy (non-hydrogen) atoms. The number of rotatable bonds is 4. The van der Waals surface area contributed by atoms with Crippen LogP contribution in [0.3, 0.4) is 0 Å². The van der Waals surface area contributed by atoms with Gasteiger partial charge in [-0.15, -0.1) is 0 Å². The number of carbonyl (C=O) groups is 1. The van der Waals surface area contributed by atoms with Gasteiger partial charge in [-0.05, 0) is 43.5 Å². The zero-order valence-electron chi connectivity index (χ0n) is 18.4. The number of carbonyl (C=O) groups excluding carboxylic acids is 1. The molecule has 174 valence electrons. The minimum Gasteiger partial charge on any atom is -0.334 e. The van der Waals surface area contributed by atoms with Crippen LogP contribution < -0.4 is 5.32 Å². The molecule has 1 aliphatic rings. The van der Waals surface area contributed by atoms with Crippen molar-refractivity contribution in [1.82, 2.24) is 19.3 Å². The quantitative estimate of drug-likeness (QED) is 0.424. The average molecular weight is 465 g/mol. The summed E-state index contributed by atoms with van der Waals surface area (Å²) in [4.78, 5) is 17.5. The van der Waals surface area contributed by atoms with Crippen LogP contribution in [-0.4, -0.2) is 25.2 Å². The number of imidazole rings is 1. The van der Waals surface area contributed by atoms with Gasteiger partial charge < -0.3 is 9.88 Å². The maximum atomic E-state index is 13.9. The van der Waals surface area contributed by atoms with Gasteiger partial charge >= 0.3 is 6.18 Å². The van der Waals surface area contributed by atoms with Gasteiger partial charge in [0.1, 0.15) is 5.82 Å². The molecule has 0 atom stereocenters. The van der Waals surface area contributed by atoms with E-state index in [-0.39, 0.29) is 5.69 Å². The Hall–Kier alpha value is -3.88. The molecule has 3 heterocycles.